The molecule has 1 atom stereocenters. The van der Waals surface area contributed by atoms with Gasteiger partial charge < -0.3 is 14.4 Å². The van der Waals surface area contributed by atoms with Crippen molar-refractivity contribution in [1.82, 2.24) is 9.62 Å². The first-order valence-electron chi connectivity index (χ1n) is 7.18. The maximum Gasteiger partial charge on any atom is 0.250 e. The van der Waals surface area contributed by atoms with Gasteiger partial charge in [-0.15, -0.1) is 11.3 Å². The van der Waals surface area contributed by atoms with Crippen LogP contribution in [0.15, 0.2) is 38.3 Å². The van der Waals surface area contributed by atoms with Crippen LogP contribution in [0.3, 0.4) is 0 Å². The van der Waals surface area contributed by atoms with Crippen LogP contribution in [-0.4, -0.2) is 40.8 Å². The fourth-order valence-electron chi connectivity index (χ4n) is 2.42. The highest BCUT2D eigenvalue weighted by atomic mass is 79.9. The van der Waals surface area contributed by atoms with E-state index in [1.54, 1.807) is 12.1 Å². The molecule has 0 fully saturated rings. The molecule has 0 saturated carbocycles. The molecule has 2 heterocycles. The highest BCUT2D eigenvalue weighted by Crippen LogP contribution is 2.35. The SMILES string of the molecule is CN(C)[C@@H](CNS(=O)(=O)c1ccc(Br)s1)c1ccc2c(c1)OCO2. The van der Waals surface area contributed by atoms with Crippen LogP contribution in [-0.2, 0) is 10.0 Å². The standard InChI is InChI=1S/C15H17BrN2O4S2/c1-18(2)11(10-3-4-12-13(7-10)22-9-21-12)8-17-24(19,20)15-6-5-14(16)23-15/h3-7,11,17H,8-9H2,1-2H3/t11-/m0/s1. The van der Waals surface area contributed by atoms with Gasteiger partial charge in [-0.2, -0.15) is 0 Å². The number of thiophene rings is 1. The summed E-state index contributed by atoms with van der Waals surface area (Å²) in [5, 5.41) is 0. The molecule has 0 aliphatic carbocycles. The summed E-state index contributed by atoms with van der Waals surface area (Å²) >= 11 is 4.47. The van der Waals surface area contributed by atoms with Gasteiger partial charge in [0.1, 0.15) is 4.21 Å². The Balaban J connectivity index is 1.77. The van der Waals surface area contributed by atoms with Crippen molar-refractivity contribution >= 4 is 37.3 Å². The number of nitrogens with one attached hydrogen (secondary N) is 1. The fraction of sp³-hybridized carbons (Fsp3) is 0.333. The number of nitrogens with zero attached hydrogens (tertiary/aromatic N) is 1. The second kappa shape index (κ2) is 7.01. The van der Waals surface area contributed by atoms with E-state index in [0.29, 0.717) is 11.5 Å². The average Bonchev–Trinajstić information content (AvgIpc) is 3.15. The summed E-state index contributed by atoms with van der Waals surface area (Å²) in [5.74, 6) is 1.39. The van der Waals surface area contributed by atoms with Crippen LogP contribution in [0.2, 0.25) is 0 Å². The molecule has 0 spiro atoms. The Kier molecular flexibility index (Phi) is 5.16. The van der Waals surface area contributed by atoms with Crippen LogP contribution >= 0.6 is 27.3 Å². The summed E-state index contributed by atoms with van der Waals surface area (Å²) in [7, 11) is 0.284. The van der Waals surface area contributed by atoms with Gasteiger partial charge >= 0.3 is 0 Å². The summed E-state index contributed by atoms with van der Waals surface area (Å²) in [6.07, 6.45) is 0. The molecule has 9 heteroatoms. The van der Waals surface area contributed by atoms with Crippen LogP contribution in [0.5, 0.6) is 11.5 Å². The monoisotopic (exact) mass is 432 g/mol. The minimum absolute atomic E-state index is 0.127. The zero-order valence-electron chi connectivity index (χ0n) is 13.2. The molecule has 2 aromatic rings. The Bertz CT molecular complexity index is 836. The molecule has 3 rings (SSSR count). The molecular weight excluding hydrogens is 416 g/mol. The van der Waals surface area contributed by atoms with E-state index in [4.69, 9.17) is 9.47 Å². The first-order valence-corrected chi connectivity index (χ1v) is 10.3. The highest BCUT2D eigenvalue weighted by Gasteiger charge is 2.23. The number of ether oxygens (including phenoxy) is 2. The van der Waals surface area contributed by atoms with Gasteiger partial charge in [0.05, 0.1) is 3.79 Å². The second-order valence-electron chi connectivity index (χ2n) is 5.50. The van der Waals surface area contributed by atoms with E-state index in [1.165, 1.54) is 11.3 Å². The van der Waals surface area contributed by atoms with E-state index < -0.39 is 10.0 Å². The Hall–Kier alpha value is -1.13. The molecule has 0 amide bonds. The van der Waals surface area contributed by atoms with Gasteiger partial charge in [0, 0.05) is 12.6 Å². The number of sulfonamides is 1. The zero-order chi connectivity index (χ0) is 17.3. The first-order chi connectivity index (χ1) is 11.4. The summed E-state index contributed by atoms with van der Waals surface area (Å²) in [6.45, 7) is 0.468. The summed E-state index contributed by atoms with van der Waals surface area (Å²) in [4.78, 5) is 1.96. The van der Waals surface area contributed by atoms with Crippen molar-refractivity contribution in [2.45, 2.75) is 10.3 Å². The summed E-state index contributed by atoms with van der Waals surface area (Å²) in [5.41, 5.74) is 0.958. The molecule has 24 heavy (non-hydrogen) atoms. The number of rotatable bonds is 6. The first kappa shape index (κ1) is 17.7. The van der Waals surface area contributed by atoms with E-state index in [2.05, 4.69) is 20.7 Å². The van der Waals surface area contributed by atoms with Gasteiger partial charge in [-0.1, -0.05) is 6.07 Å². The summed E-state index contributed by atoms with van der Waals surface area (Å²) < 4.78 is 39.3. The maximum absolute atomic E-state index is 12.4. The molecule has 130 valence electrons. The summed E-state index contributed by atoms with van der Waals surface area (Å²) in [6, 6.07) is 8.84. The Labute approximate surface area is 153 Å². The number of halogens is 1. The molecule has 1 N–H and O–H groups in total. The van der Waals surface area contributed by atoms with Crippen molar-refractivity contribution in [3.63, 3.8) is 0 Å². The zero-order valence-corrected chi connectivity index (χ0v) is 16.4. The van der Waals surface area contributed by atoms with E-state index >= 15 is 0 Å². The van der Waals surface area contributed by atoms with Crippen molar-refractivity contribution in [3.05, 3.63) is 39.7 Å². The van der Waals surface area contributed by atoms with Gasteiger partial charge in [-0.3, -0.25) is 0 Å². The third-order valence-corrected chi connectivity index (χ3v) is 7.22. The molecular formula is C15H17BrN2O4S2. The largest absolute Gasteiger partial charge is 0.454 e. The smallest absolute Gasteiger partial charge is 0.250 e. The number of hydrogen-bond acceptors (Lipinski definition) is 6. The van der Waals surface area contributed by atoms with Gasteiger partial charge in [0.25, 0.3) is 0 Å². The van der Waals surface area contributed by atoms with Gasteiger partial charge in [-0.05, 0) is 59.9 Å². The Morgan fingerprint density at radius 1 is 1.25 bits per heavy atom. The number of fused-ring (bicyclic) bond motifs is 1. The second-order valence-corrected chi connectivity index (χ2v) is 9.96. The van der Waals surface area contributed by atoms with Gasteiger partial charge in [-0.25, -0.2) is 13.1 Å². The minimum Gasteiger partial charge on any atom is -0.454 e. The lowest BCUT2D eigenvalue weighted by Gasteiger charge is -2.25. The van der Waals surface area contributed by atoms with Gasteiger partial charge in [0.15, 0.2) is 11.5 Å². The third-order valence-electron chi connectivity index (χ3n) is 3.68. The van der Waals surface area contributed by atoms with Crippen molar-refractivity contribution in [2.75, 3.05) is 27.4 Å². The lowest BCUT2D eigenvalue weighted by Crippen LogP contribution is -2.34. The van der Waals surface area contributed by atoms with Crippen LogP contribution in [0.4, 0.5) is 0 Å². The van der Waals surface area contributed by atoms with Crippen molar-refractivity contribution in [3.8, 4) is 11.5 Å². The number of hydrogen-bond donors (Lipinski definition) is 1. The van der Waals surface area contributed by atoms with E-state index in [9.17, 15) is 8.42 Å². The lowest BCUT2D eigenvalue weighted by molar-refractivity contribution is 0.174. The fourth-order valence-corrected chi connectivity index (χ4v) is 5.51. The topological polar surface area (TPSA) is 67.9 Å². The molecule has 0 saturated heterocycles. The van der Waals surface area contributed by atoms with Gasteiger partial charge in [0.2, 0.25) is 16.8 Å². The number of benzene rings is 1. The molecule has 0 unspecified atom stereocenters. The van der Waals surface area contributed by atoms with E-state index in [0.717, 1.165) is 9.35 Å². The van der Waals surface area contributed by atoms with Crippen LogP contribution in [0.25, 0.3) is 0 Å². The van der Waals surface area contributed by atoms with E-state index in [-0.39, 0.29) is 23.6 Å². The quantitative estimate of drug-likeness (QED) is 0.759. The predicted octanol–water partition coefficient (Wildman–Crippen LogP) is 2.82. The maximum atomic E-state index is 12.4. The van der Waals surface area contributed by atoms with Crippen LogP contribution in [0.1, 0.15) is 11.6 Å². The molecule has 1 aromatic carbocycles. The van der Waals surface area contributed by atoms with Crippen molar-refractivity contribution in [1.29, 1.82) is 0 Å². The molecule has 0 radical (unpaired) electrons. The molecule has 1 aliphatic heterocycles. The Morgan fingerprint density at radius 3 is 2.67 bits per heavy atom. The number of likely N-dealkylation sites (N-methyl/N-ethyl adjacent to an activating group) is 1. The minimum atomic E-state index is -3.53. The third kappa shape index (κ3) is 3.75. The lowest BCUT2D eigenvalue weighted by atomic mass is 10.1. The average molecular weight is 433 g/mol. The van der Waals surface area contributed by atoms with E-state index in [1.807, 2.05) is 37.2 Å². The molecule has 0 bridgehead atoms. The molecule has 1 aromatic heterocycles. The molecule has 6 nitrogen and oxygen atoms in total. The van der Waals surface area contributed by atoms with Crippen molar-refractivity contribution in [2.24, 2.45) is 0 Å². The van der Waals surface area contributed by atoms with Crippen molar-refractivity contribution < 1.29 is 17.9 Å². The van der Waals surface area contributed by atoms with Crippen LogP contribution < -0.4 is 14.2 Å². The predicted molar refractivity (Wildman–Crippen MR) is 96.2 cm³/mol. The molecule has 1 aliphatic rings. The highest BCUT2D eigenvalue weighted by molar-refractivity contribution is 9.11. The Morgan fingerprint density at radius 2 is 2.00 bits per heavy atom. The van der Waals surface area contributed by atoms with Crippen LogP contribution in [0, 0.1) is 0 Å². The normalized spacial score (nSPS) is 15.0.